The van der Waals surface area contributed by atoms with Gasteiger partial charge in [0.1, 0.15) is 9.90 Å². The molecule has 7 nitrogen and oxygen atoms in total. The van der Waals surface area contributed by atoms with Crippen LogP contribution in [0.1, 0.15) is 23.7 Å². The van der Waals surface area contributed by atoms with Crippen LogP contribution in [0.4, 0.5) is 5.82 Å². The molecule has 1 atom stereocenters. The van der Waals surface area contributed by atoms with Gasteiger partial charge in [0.15, 0.2) is 5.82 Å². The molecule has 1 unspecified atom stereocenters. The lowest BCUT2D eigenvalue weighted by Gasteiger charge is -2.11. The molecule has 104 valence electrons. The molecule has 0 spiro atoms. The maximum atomic E-state index is 12.3. The second kappa shape index (κ2) is 4.91. The number of aromatic nitrogens is 3. The highest BCUT2D eigenvalue weighted by atomic mass is 32.2. The maximum absolute atomic E-state index is 12.3. The number of rotatable bonds is 4. The molecule has 3 N–H and O–H groups in total. The topological polar surface area (TPSA) is 103 Å². The van der Waals surface area contributed by atoms with Crippen molar-refractivity contribution in [2.45, 2.75) is 24.8 Å². The highest BCUT2D eigenvalue weighted by molar-refractivity contribution is 7.89. The number of nitrogens with one attached hydrogen (secondary N) is 1. The molecule has 0 aliphatic carbocycles. The molecule has 0 saturated carbocycles. The van der Waals surface area contributed by atoms with Gasteiger partial charge in [-0.2, -0.15) is 5.10 Å². The van der Waals surface area contributed by atoms with E-state index in [9.17, 15) is 8.42 Å². The summed E-state index contributed by atoms with van der Waals surface area (Å²) in [7, 11) is -2.07. The van der Waals surface area contributed by atoms with Crippen molar-refractivity contribution in [2.75, 3.05) is 5.73 Å². The number of aryl methyl sites for hydroxylation is 1. The Morgan fingerprint density at radius 2 is 2.21 bits per heavy atom. The molecule has 0 amide bonds. The van der Waals surface area contributed by atoms with Gasteiger partial charge in [-0.3, -0.25) is 4.68 Å². The van der Waals surface area contributed by atoms with Gasteiger partial charge >= 0.3 is 0 Å². The Morgan fingerprint density at radius 3 is 2.68 bits per heavy atom. The standard InChI is InChI=1S/C10H15N5O2S2/c1-6(10-12-4-5-18-10)14-19(16,17)8-7(2)15(3)13-9(8)11/h4-6,14H,1-3H3,(H2,11,13). The van der Waals surface area contributed by atoms with Gasteiger partial charge in [0, 0.05) is 18.6 Å². The van der Waals surface area contributed by atoms with E-state index in [2.05, 4.69) is 14.8 Å². The summed E-state index contributed by atoms with van der Waals surface area (Å²) in [4.78, 5) is 4.11. The van der Waals surface area contributed by atoms with Crippen LogP contribution in [0.5, 0.6) is 0 Å². The molecule has 2 aromatic heterocycles. The van der Waals surface area contributed by atoms with E-state index in [0.29, 0.717) is 10.7 Å². The van der Waals surface area contributed by atoms with Gasteiger partial charge in [-0.05, 0) is 13.8 Å². The molecular weight excluding hydrogens is 286 g/mol. The van der Waals surface area contributed by atoms with Crippen molar-refractivity contribution in [3.8, 4) is 0 Å². The van der Waals surface area contributed by atoms with Crippen molar-refractivity contribution in [3.63, 3.8) is 0 Å². The molecule has 0 aliphatic rings. The lowest BCUT2D eigenvalue weighted by atomic mass is 10.4. The summed E-state index contributed by atoms with van der Waals surface area (Å²) in [5, 5.41) is 6.40. The molecule has 0 fully saturated rings. The van der Waals surface area contributed by atoms with Crippen molar-refractivity contribution >= 4 is 27.2 Å². The minimum atomic E-state index is -3.72. The van der Waals surface area contributed by atoms with Gasteiger partial charge in [0.05, 0.1) is 11.7 Å². The molecule has 2 rings (SSSR count). The van der Waals surface area contributed by atoms with Crippen LogP contribution >= 0.6 is 11.3 Å². The van der Waals surface area contributed by atoms with Gasteiger partial charge in [0.25, 0.3) is 0 Å². The van der Waals surface area contributed by atoms with Gasteiger partial charge < -0.3 is 5.73 Å². The number of anilines is 1. The lowest BCUT2D eigenvalue weighted by molar-refractivity contribution is 0.565. The zero-order valence-corrected chi connectivity index (χ0v) is 12.4. The third kappa shape index (κ3) is 2.62. The number of hydrogen-bond acceptors (Lipinski definition) is 6. The van der Waals surface area contributed by atoms with Crippen LogP contribution in [-0.4, -0.2) is 23.2 Å². The van der Waals surface area contributed by atoms with Gasteiger partial charge in [-0.15, -0.1) is 11.3 Å². The Labute approximate surface area is 115 Å². The first-order valence-corrected chi connectivity index (χ1v) is 7.90. The van der Waals surface area contributed by atoms with E-state index in [1.807, 2.05) is 0 Å². The van der Waals surface area contributed by atoms with Crippen molar-refractivity contribution in [3.05, 3.63) is 22.3 Å². The second-order valence-corrected chi connectivity index (χ2v) is 6.71. The minimum Gasteiger partial charge on any atom is -0.381 e. The predicted molar refractivity (Wildman–Crippen MR) is 73.2 cm³/mol. The van der Waals surface area contributed by atoms with E-state index < -0.39 is 16.1 Å². The van der Waals surface area contributed by atoms with E-state index in [-0.39, 0.29) is 10.7 Å². The van der Waals surface area contributed by atoms with Gasteiger partial charge in [-0.25, -0.2) is 18.1 Å². The molecule has 0 bridgehead atoms. The molecule has 2 heterocycles. The third-order valence-corrected chi connectivity index (χ3v) is 5.39. The Bertz CT molecular complexity index is 675. The van der Waals surface area contributed by atoms with Crippen LogP contribution in [-0.2, 0) is 17.1 Å². The molecule has 19 heavy (non-hydrogen) atoms. The fourth-order valence-corrected chi connectivity index (χ4v) is 3.99. The Balaban J connectivity index is 2.33. The van der Waals surface area contributed by atoms with Crippen molar-refractivity contribution in [1.82, 2.24) is 19.5 Å². The summed E-state index contributed by atoms with van der Waals surface area (Å²) < 4.78 is 28.6. The molecule has 0 aromatic carbocycles. The van der Waals surface area contributed by atoms with Crippen LogP contribution in [0.3, 0.4) is 0 Å². The van der Waals surface area contributed by atoms with E-state index in [0.717, 1.165) is 0 Å². The normalized spacial score (nSPS) is 13.6. The van der Waals surface area contributed by atoms with Crippen LogP contribution in [0, 0.1) is 6.92 Å². The number of nitrogens with two attached hydrogens (primary N) is 1. The molecule has 2 aromatic rings. The number of hydrogen-bond donors (Lipinski definition) is 2. The Hall–Kier alpha value is -1.45. The van der Waals surface area contributed by atoms with Crippen LogP contribution < -0.4 is 10.5 Å². The average Bonchev–Trinajstić information content (AvgIpc) is 2.87. The van der Waals surface area contributed by atoms with E-state index >= 15 is 0 Å². The average molecular weight is 301 g/mol. The zero-order valence-electron chi connectivity index (χ0n) is 10.8. The monoisotopic (exact) mass is 301 g/mol. The first kappa shape index (κ1) is 14.0. The second-order valence-electron chi connectivity index (χ2n) is 4.14. The summed E-state index contributed by atoms with van der Waals surface area (Å²) in [6.07, 6.45) is 1.63. The van der Waals surface area contributed by atoms with Crippen molar-refractivity contribution in [1.29, 1.82) is 0 Å². The van der Waals surface area contributed by atoms with E-state index in [1.54, 1.807) is 32.5 Å². The maximum Gasteiger partial charge on any atom is 0.246 e. The zero-order chi connectivity index (χ0) is 14.2. The summed E-state index contributed by atoms with van der Waals surface area (Å²) in [5.41, 5.74) is 6.16. The van der Waals surface area contributed by atoms with E-state index in [4.69, 9.17) is 5.73 Å². The highest BCUT2D eigenvalue weighted by Crippen LogP contribution is 2.24. The number of sulfonamides is 1. The quantitative estimate of drug-likeness (QED) is 0.869. The summed E-state index contributed by atoms with van der Waals surface area (Å²) in [6.45, 7) is 3.39. The predicted octanol–water partition coefficient (Wildman–Crippen LogP) is 0.807. The van der Waals surface area contributed by atoms with Crippen molar-refractivity contribution < 1.29 is 8.42 Å². The van der Waals surface area contributed by atoms with Crippen LogP contribution in [0.15, 0.2) is 16.5 Å². The van der Waals surface area contributed by atoms with E-state index in [1.165, 1.54) is 16.0 Å². The van der Waals surface area contributed by atoms with Crippen molar-refractivity contribution in [2.24, 2.45) is 7.05 Å². The molecular formula is C10H15N5O2S2. The van der Waals surface area contributed by atoms with Crippen LogP contribution in [0.2, 0.25) is 0 Å². The summed E-state index contributed by atoms with van der Waals surface area (Å²) >= 11 is 1.39. The number of nitrogen functional groups attached to an aromatic ring is 1. The lowest BCUT2D eigenvalue weighted by Crippen LogP contribution is -2.27. The summed E-state index contributed by atoms with van der Waals surface area (Å²) in [6, 6.07) is -0.413. The minimum absolute atomic E-state index is 0.00108. The highest BCUT2D eigenvalue weighted by Gasteiger charge is 2.27. The Morgan fingerprint density at radius 1 is 1.53 bits per heavy atom. The Kier molecular flexibility index (Phi) is 3.61. The van der Waals surface area contributed by atoms with Gasteiger partial charge in [-0.1, -0.05) is 0 Å². The summed E-state index contributed by atoms with van der Waals surface area (Å²) in [5.74, 6) is -0.00108. The van der Waals surface area contributed by atoms with Gasteiger partial charge in [0.2, 0.25) is 10.0 Å². The van der Waals surface area contributed by atoms with Crippen LogP contribution in [0.25, 0.3) is 0 Å². The fourth-order valence-electron chi connectivity index (χ4n) is 1.74. The molecule has 0 saturated heterocycles. The largest absolute Gasteiger partial charge is 0.381 e. The third-order valence-electron chi connectivity index (χ3n) is 2.73. The molecule has 0 aliphatic heterocycles. The number of nitrogens with zero attached hydrogens (tertiary/aromatic N) is 3. The number of thiazole rings is 1. The SMILES string of the molecule is Cc1c(S(=O)(=O)NC(C)c2nccs2)c(N)nn1C. The fraction of sp³-hybridized carbons (Fsp3) is 0.400. The molecule has 0 radical (unpaired) electrons. The first-order valence-electron chi connectivity index (χ1n) is 5.53. The first-order chi connectivity index (χ1) is 8.83. The smallest absolute Gasteiger partial charge is 0.246 e. The molecule has 9 heteroatoms.